The molecule has 1 heterocycles. The second-order valence-corrected chi connectivity index (χ2v) is 16.7. The van der Waals surface area contributed by atoms with Crippen molar-refractivity contribution in [3.05, 3.63) is 0 Å². The van der Waals surface area contributed by atoms with E-state index in [2.05, 4.69) is 42.2 Å². The molecule has 1 rings (SSSR count). The van der Waals surface area contributed by atoms with E-state index >= 15 is 0 Å². The number of amides is 11. The number of likely N-dealkylation sites (tertiary alicyclic amines) is 1. The number of aliphatic imine (C=N–C) groups is 1. The topological polar surface area (TPSA) is 481 Å². The number of primary amides is 3. The summed E-state index contributed by atoms with van der Waals surface area (Å²) in [6.45, 7) is 7.30. The highest BCUT2D eigenvalue weighted by Gasteiger charge is 2.40. The van der Waals surface area contributed by atoms with Crippen molar-refractivity contribution in [2.75, 3.05) is 13.1 Å². The molecule has 28 nitrogen and oxygen atoms in total. The molecular weight excluding hydrogens is 899 g/mol. The minimum atomic E-state index is -1.47. The summed E-state index contributed by atoms with van der Waals surface area (Å²) in [4.78, 5) is 157. The lowest BCUT2D eigenvalue weighted by molar-refractivity contribution is -0.143. The maximum Gasteiger partial charge on any atom is 0.326 e. The van der Waals surface area contributed by atoms with E-state index in [-0.39, 0.29) is 76.8 Å². The monoisotopic (exact) mass is 968 g/mol. The summed E-state index contributed by atoms with van der Waals surface area (Å²) in [6, 6.07) is -11.7. The Morgan fingerprint density at radius 3 is 1.57 bits per heavy atom. The number of guanidine groups is 1. The lowest BCUT2D eigenvalue weighted by Crippen LogP contribution is -2.59. The van der Waals surface area contributed by atoms with E-state index in [1.165, 1.54) is 20.8 Å². The van der Waals surface area contributed by atoms with Crippen molar-refractivity contribution in [1.29, 1.82) is 0 Å². The Bertz CT molecular complexity index is 1890. The minimum absolute atomic E-state index is 0.0107. The number of hydrogen-bond donors (Lipinski definition) is 14. The van der Waals surface area contributed by atoms with Gasteiger partial charge in [0.25, 0.3) is 0 Å². The predicted molar refractivity (Wildman–Crippen MR) is 241 cm³/mol. The molecule has 1 aliphatic heterocycles. The van der Waals surface area contributed by atoms with E-state index in [1.807, 2.05) is 0 Å². The molecule has 0 aromatic heterocycles. The first-order valence-electron chi connectivity index (χ1n) is 22.0. The molecule has 1 aliphatic rings. The van der Waals surface area contributed by atoms with Crippen molar-refractivity contribution in [2.45, 2.75) is 153 Å². The smallest absolute Gasteiger partial charge is 0.326 e. The zero-order chi connectivity index (χ0) is 52.0. The van der Waals surface area contributed by atoms with E-state index in [1.54, 1.807) is 13.8 Å². The van der Waals surface area contributed by atoms with Crippen LogP contribution < -0.4 is 71.6 Å². The van der Waals surface area contributed by atoms with Crippen LogP contribution in [0.15, 0.2) is 4.99 Å². The van der Waals surface area contributed by atoms with Crippen molar-refractivity contribution < 1.29 is 62.6 Å². The van der Waals surface area contributed by atoms with Gasteiger partial charge >= 0.3 is 5.97 Å². The van der Waals surface area contributed by atoms with Gasteiger partial charge in [-0.2, -0.15) is 0 Å². The fourth-order valence-electron chi connectivity index (χ4n) is 6.60. The average molecular weight is 968 g/mol. The molecule has 0 aromatic rings. The van der Waals surface area contributed by atoms with Crippen molar-refractivity contribution in [3.63, 3.8) is 0 Å². The molecule has 28 heteroatoms. The van der Waals surface area contributed by atoms with Crippen LogP contribution in [0.1, 0.15) is 98.8 Å². The SMILES string of the molecule is CC(C)[C@H](NC(=O)[C@H](C)NC(=O)[C@H](C)NC(=O)[C@@H]1CCCN1C(=O)[C@H](CCC(N)=O)NC(=O)[C@H](CCC(N)=O)NC(=O)[C@@H](N)CCC(N)=O)C(=O)N[C@@H](C)C(=O)N[C@@H](CCCN=C(N)N)C(=O)O. The van der Waals surface area contributed by atoms with Crippen LogP contribution >= 0.6 is 0 Å². The van der Waals surface area contributed by atoms with Crippen LogP contribution in [0.2, 0.25) is 0 Å². The number of aliphatic carboxylic acids is 1. The van der Waals surface area contributed by atoms with E-state index in [9.17, 15) is 62.6 Å². The summed E-state index contributed by atoms with van der Waals surface area (Å²) in [5.41, 5.74) is 32.1. The Labute approximate surface area is 392 Å². The van der Waals surface area contributed by atoms with Crippen molar-refractivity contribution in [2.24, 2.45) is 45.3 Å². The van der Waals surface area contributed by atoms with Crippen LogP contribution in [0.5, 0.6) is 0 Å². The number of carboxylic acids is 1. The molecule has 68 heavy (non-hydrogen) atoms. The maximum absolute atomic E-state index is 14.0. The van der Waals surface area contributed by atoms with E-state index in [0.717, 1.165) is 4.90 Å². The van der Waals surface area contributed by atoms with Gasteiger partial charge in [0.05, 0.1) is 6.04 Å². The summed E-state index contributed by atoms with van der Waals surface area (Å²) >= 11 is 0. The number of nitrogens with zero attached hydrogens (tertiary/aromatic N) is 2. The molecule has 1 fully saturated rings. The van der Waals surface area contributed by atoms with Gasteiger partial charge in [-0.1, -0.05) is 13.8 Å². The number of carbonyl (C=O) groups is 12. The molecule has 11 amide bonds. The Morgan fingerprint density at radius 2 is 1.04 bits per heavy atom. The highest BCUT2D eigenvalue weighted by atomic mass is 16.4. The third-order valence-electron chi connectivity index (χ3n) is 10.5. The summed E-state index contributed by atoms with van der Waals surface area (Å²) < 4.78 is 0. The van der Waals surface area contributed by atoms with Gasteiger partial charge in [-0.15, -0.1) is 0 Å². The van der Waals surface area contributed by atoms with Gasteiger partial charge in [0.1, 0.15) is 48.3 Å². The molecule has 1 saturated heterocycles. The third kappa shape index (κ3) is 21.0. The first-order valence-corrected chi connectivity index (χ1v) is 22.0. The summed E-state index contributed by atoms with van der Waals surface area (Å²) in [5, 5.41) is 26.6. The number of carbonyl (C=O) groups excluding carboxylic acids is 11. The maximum atomic E-state index is 14.0. The quantitative estimate of drug-likeness (QED) is 0.0181. The number of rotatable bonds is 30. The Hall–Kier alpha value is -7.13. The fourth-order valence-corrected chi connectivity index (χ4v) is 6.60. The minimum Gasteiger partial charge on any atom is -0.480 e. The molecule has 0 saturated carbocycles. The average Bonchev–Trinajstić information content (AvgIpc) is 3.75. The highest BCUT2D eigenvalue weighted by molar-refractivity contribution is 5.98. The molecule has 0 spiro atoms. The lowest BCUT2D eigenvalue weighted by Gasteiger charge is -2.30. The first-order chi connectivity index (χ1) is 31.7. The summed E-state index contributed by atoms with van der Waals surface area (Å²) in [7, 11) is 0. The number of nitrogens with one attached hydrogen (secondary N) is 7. The Morgan fingerprint density at radius 1 is 0.574 bits per heavy atom. The van der Waals surface area contributed by atoms with Crippen LogP contribution in [0.25, 0.3) is 0 Å². The highest BCUT2D eigenvalue weighted by Crippen LogP contribution is 2.20. The van der Waals surface area contributed by atoms with Gasteiger partial charge in [-0.25, -0.2) is 4.79 Å². The second-order valence-electron chi connectivity index (χ2n) is 16.7. The van der Waals surface area contributed by atoms with Gasteiger partial charge in [0, 0.05) is 32.4 Å². The van der Waals surface area contributed by atoms with Gasteiger partial charge in [0.15, 0.2) is 5.96 Å². The van der Waals surface area contributed by atoms with Crippen LogP contribution in [0, 0.1) is 5.92 Å². The Balaban J connectivity index is 3.01. The van der Waals surface area contributed by atoms with E-state index < -0.39 is 131 Å². The first kappa shape index (κ1) is 58.9. The van der Waals surface area contributed by atoms with Crippen LogP contribution in [0.3, 0.4) is 0 Å². The molecule has 0 unspecified atom stereocenters. The predicted octanol–water partition coefficient (Wildman–Crippen LogP) is -6.65. The molecule has 0 radical (unpaired) electrons. The molecule has 9 atom stereocenters. The zero-order valence-corrected chi connectivity index (χ0v) is 39.0. The molecule has 20 N–H and O–H groups in total. The molecule has 0 aromatic carbocycles. The second kappa shape index (κ2) is 28.8. The normalized spacial score (nSPS) is 16.7. The molecule has 0 bridgehead atoms. The van der Waals surface area contributed by atoms with E-state index in [4.69, 9.17) is 34.4 Å². The van der Waals surface area contributed by atoms with Crippen molar-refractivity contribution in [3.8, 4) is 0 Å². The van der Waals surface area contributed by atoms with Crippen LogP contribution in [0.4, 0.5) is 0 Å². The Kier molecular flexibility index (Phi) is 24.9. The summed E-state index contributed by atoms with van der Waals surface area (Å²) in [5.74, 6) is -11.1. The van der Waals surface area contributed by atoms with Gasteiger partial charge < -0.3 is 81.6 Å². The molecule has 0 aliphatic carbocycles. The number of nitrogens with two attached hydrogens (primary N) is 6. The van der Waals surface area contributed by atoms with E-state index in [0.29, 0.717) is 6.42 Å². The lowest BCUT2D eigenvalue weighted by atomic mass is 10.0. The van der Waals surface area contributed by atoms with Gasteiger partial charge in [0.2, 0.25) is 65.0 Å². The molecule has 382 valence electrons. The number of hydrogen-bond acceptors (Lipinski definition) is 14. The zero-order valence-electron chi connectivity index (χ0n) is 39.0. The third-order valence-corrected chi connectivity index (χ3v) is 10.5. The van der Waals surface area contributed by atoms with Gasteiger partial charge in [-0.05, 0) is 71.6 Å². The molecular formula is C40H69N15O13. The van der Waals surface area contributed by atoms with Crippen molar-refractivity contribution >= 4 is 76.9 Å². The van der Waals surface area contributed by atoms with Gasteiger partial charge in [-0.3, -0.25) is 57.7 Å². The van der Waals surface area contributed by atoms with Crippen molar-refractivity contribution in [1.82, 2.24) is 42.1 Å². The summed E-state index contributed by atoms with van der Waals surface area (Å²) in [6.07, 6.45) is -1.15. The largest absolute Gasteiger partial charge is 0.480 e. The van der Waals surface area contributed by atoms with Crippen LogP contribution in [-0.4, -0.2) is 154 Å². The standard InChI is InChI=1S/C40H69N15O13/c1-18(2)30(37(65)50-20(4)32(60)53-25(39(67)68)8-6-16-47-40(45)46)54-33(61)21(5)48-31(59)19(3)49-36(64)26-9-7-17-55(26)38(66)24(12-15-29(44)58)52-35(63)23(11-14-28(43)57)51-34(62)22(41)10-13-27(42)56/h18-26,30H,6-17,41H2,1-5H3,(H2,42,56)(H2,43,57)(H2,44,58)(H,48,59)(H,49,64)(H,50,65)(H,51,62)(H,52,63)(H,53,60)(H,54,61)(H,67,68)(H4,45,46,47)/t19-,20-,21-,22-,23-,24-,25-,26-,30-/m0/s1. The fraction of sp³-hybridized carbons (Fsp3) is 0.675. The van der Waals surface area contributed by atoms with Crippen LogP contribution in [-0.2, 0) is 57.5 Å². The number of carboxylic acid groups (broad SMARTS) is 1.